The standard InChI is InChI=1S/C13H13N3O4/c14-15-11(13(18)20-16-7-4-8-16)12(17)19-9-10-5-2-1-3-6-10/h1-3,5-6H,4,7-9H2. The number of carbonyl (C=O) groups is 2. The van der Waals surface area contributed by atoms with Crippen molar-refractivity contribution in [2.24, 2.45) is 0 Å². The molecule has 2 rings (SSSR count). The third-order valence-corrected chi connectivity index (χ3v) is 2.73. The van der Waals surface area contributed by atoms with Crippen LogP contribution in [0.25, 0.3) is 5.53 Å². The SMILES string of the molecule is [N-]=[N+]=C(C(=O)OCc1ccccc1)C(=O)ON1CCC1. The highest BCUT2D eigenvalue weighted by molar-refractivity contribution is 6.60. The third-order valence-electron chi connectivity index (χ3n) is 2.73. The van der Waals surface area contributed by atoms with Crippen LogP contribution in [0, 0.1) is 0 Å². The Morgan fingerprint density at radius 1 is 1.20 bits per heavy atom. The minimum Gasteiger partial charge on any atom is -0.452 e. The van der Waals surface area contributed by atoms with E-state index in [9.17, 15) is 9.59 Å². The number of hydroxylamine groups is 2. The smallest absolute Gasteiger partial charge is 0.452 e. The van der Waals surface area contributed by atoms with E-state index in [1.165, 1.54) is 5.06 Å². The molecule has 0 spiro atoms. The van der Waals surface area contributed by atoms with Crippen LogP contribution in [0.3, 0.4) is 0 Å². The number of hydrogen-bond acceptors (Lipinski definition) is 5. The second-order valence-corrected chi connectivity index (χ2v) is 4.17. The minimum absolute atomic E-state index is 0.0182. The molecule has 0 N–H and O–H groups in total. The summed E-state index contributed by atoms with van der Waals surface area (Å²) in [7, 11) is 0. The second kappa shape index (κ2) is 6.60. The van der Waals surface area contributed by atoms with Gasteiger partial charge in [-0.2, -0.15) is 4.79 Å². The molecule has 1 aliphatic heterocycles. The Morgan fingerprint density at radius 2 is 1.90 bits per heavy atom. The summed E-state index contributed by atoms with van der Waals surface area (Å²) in [5.41, 5.74) is 8.72. The molecule has 1 aliphatic rings. The van der Waals surface area contributed by atoms with E-state index in [4.69, 9.17) is 15.1 Å². The molecule has 1 aromatic carbocycles. The molecular weight excluding hydrogens is 262 g/mol. The van der Waals surface area contributed by atoms with Crippen molar-refractivity contribution in [1.82, 2.24) is 5.06 Å². The van der Waals surface area contributed by atoms with E-state index in [1.54, 1.807) is 24.3 Å². The van der Waals surface area contributed by atoms with Gasteiger partial charge in [0.05, 0.1) is 0 Å². The van der Waals surface area contributed by atoms with Crippen molar-refractivity contribution in [2.45, 2.75) is 13.0 Å². The molecule has 0 aromatic heterocycles. The number of nitrogens with zero attached hydrogens (tertiary/aromatic N) is 3. The van der Waals surface area contributed by atoms with E-state index in [0.29, 0.717) is 13.1 Å². The molecule has 1 saturated heterocycles. The Labute approximate surface area is 115 Å². The van der Waals surface area contributed by atoms with Crippen LogP contribution >= 0.6 is 0 Å². The maximum atomic E-state index is 11.6. The van der Waals surface area contributed by atoms with Crippen LogP contribution in [0.5, 0.6) is 0 Å². The number of hydrogen-bond donors (Lipinski definition) is 0. The Hall–Kier alpha value is -2.50. The zero-order valence-corrected chi connectivity index (χ0v) is 10.7. The summed E-state index contributed by atoms with van der Waals surface area (Å²) < 4.78 is 4.89. The molecule has 7 heteroatoms. The normalized spacial score (nSPS) is 13.8. The van der Waals surface area contributed by atoms with Crippen LogP contribution in [-0.4, -0.2) is 40.6 Å². The van der Waals surface area contributed by atoms with Crippen LogP contribution in [-0.2, 0) is 25.8 Å². The van der Waals surface area contributed by atoms with E-state index < -0.39 is 17.7 Å². The summed E-state index contributed by atoms with van der Waals surface area (Å²) in [6, 6.07) is 8.95. The molecule has 0 unspecified atom stereocenters. The molecule has 1 fully saturated rings. The number of benzene rings is 1. The van der Waals surface area contributed by atoms with Crippen LogP contribution in [0.4, 0.5) is 0 Å². The lowest BCUT2D eigenvalue weighted by molar-refractivity contribution is -0.203. The lowest BCUT2D eigenvalue weighted by Gasteiger charge is -2.27. The first-order valence-electron chi connectivity index (χ1n) is 6.11. The first kappa shape index (κ1) is 13.9. The van der Waals surface area contributed by atoms with Gasteiger partial charge in [0, 0.05) is 13.1 Å². The van der Waals surface area contributed by atoms with Crippen molar-refractivity contribution >= 4 is 17.7 Å². The third kappa shape index (κ3) is 3.50. The highest BCUT2D eigenvalue weighted by Crippen LogP contribution is 2.07. The van der Waals surface area contributed by atoms with Gasteiger partial charge in [0.25, 0.3) is 0 Å². The molecule has 104 valence electrons. The van der Waals surface area contributed by atoms with E-state index >= 15 is 0 Å². The summed E-state index contributed by atoms with van der Waals surface area (Å²) in [6.45, 7) is 1.18. The Kier molecular flexibility index (Phi) is 4.60. The van der Waals surface area contributed by atoms with Gasteiger partial charge in [-0.05, 0) is 12.0 Å². The lowest BCUT2D eigenvalue weighted by atomic mass is 10.2. The monoisotopic (exact) mass is 275 g/mol. The van der Waals surface area contributed by atoms with Gasteiger partial charge in [0.2, 0.25) is 0 Å². The first-order chi connectivity index (χ1) is 9.70. The van der Waals surface area contributed by atoms with Gasteiger partial charge in [0.15, 0.2) is 0 Å². The fourth-order valence-electron chi connectivity index (χ4n) is 1.50. The molecule has 20 heavy (non-hydrogen) atoms. The largest absolute Gasteiger partial charge is 0.484 e. The first-order valence-corrected chi connectivity index (χ1v) is 6.11. The van der Waals surface area contributed by atoms with Crippen LogP contribution in [0.1, 0.15) is 12.0 Å². The lowest BCUT2D eigenvalue weighted by Crippen LogP contribution is -2.42. The minimum atomic E-state index is -1.03. The summed E-state index contributed by atoms with van der Waals surface area (Å²) in [5, 5.41) is 1.37. The quantitative estimate of drug-likeness (QED) is 0.257. The second-order valence-electron chi connectivity index (χ2n) is 4.17. The molecule has 0 radical (unpaired) electrons. The molecular formula is C13H13N3O4. The summed E-state index contributed by atoms with van der Waals surface area (Å²) in [4.78, 5) is 30.7. The van der Waals surface area contributed by atoms with Crippen molar-refractivity contribution < 1.29 is 24.0 Å². The van der Waals surface area contributed by atoms with Gasteiger partial charge in [-0.15, -0.1) is 5.06 Å². The fraction of sp³-hybridized carbons (Fsp3) is 0.308. The van der Waals surface area contributed by atoms with Gasteiger partial charge in [0.1, 0.15) is 6.61 Å². The Balaban J connectivity index is 1.88. The Bertz CT molecular complexity index is 548. The van der Waals surface area contributed by atoms with Crippen molar-refractivity contribution in [3.05, 3.63) is 41.4 Å². The maximum Gasteiger partial charge on any atom is 0.484 e. The van der Waals surface area contributed by atoms with E-state index in [1.807, 2.05) is 6.07 Å². The predicted octanol–water partition coefficient (Wildman–Crippen LogP) is 0.565. The van der Waals surface area contributed by atoms with Gasteiger partial charge >= 0.3 is 17.7 Å². The van der Waals surface area contributed by atoms with Crippen LogP contribution in [0.2, 0.25) is 0 Å². The van der Waals surface area contributed by atoms with Crippen molar-refractivity contribution in [2.75, 3.05) is 13.1 Å². The number of esters is 1. The molecule has 1 aromatic rings. The maximum absolute atomic E-state index is 11.6. The van der Waals surface area contributed by atoms with E-state index in [2.05, 4.69) is 4.79 Å². The molecule has 0 amide bonds. The summed E-state index contributed by atoms with van der Waals surface area (Å²) in [6.07, 6.45) is 0.914. The van der Waals surface area contributed by atoms with E-state index in [0.717, 1.165) is 12.0 Å². The summed E-state index contributed by atoms with van der Waals surface area (Å²) in [5.74, 6) is -2.05. The average Bonchev–Trinajstić information content (AvgIpc) is 2.42. The predicted molar refractivity (Wildman–Crippen MR) is 67.1 cm³/mol. The molecule has 0 bridgehead atoms. The van der Waals surface area contributed by atoms with Gasteiger partial charge in [-0.25, -0.2) is 9.59 Å². The highest BCUT2D eigenvalue weighted by atomic mass is 16.7. The molecule has 0 saturated carbocycles. The van der Waals surface area contributed by atoms with Crippen molar-refractivity contribution in [3.63, 3.8) is 0 Å². The van der Waals surface area contributed by atoms with Crippen molar-refractivity contribution in [3.8, 4) is 0 Å². The van der Waals surface area contributed by atoms with Crippen LogP contribution in [0.15, 0.2) is 30.3 Å². The average molecular weight is 275 g/mol. The Morgan fingerprint density at radius 3 is 2.45 bits per heavy atom. The molecule has 0 aliphatic carbocycles. The zero-order chi connectivity index (χ0) is 14.4. The van der Waals surface area contributed by atoms with Gasteiger partial charge in [-0.3, -0.25) is 0 Å². The number of carbonyl (C=O) groups excluding carboxylic acids is 2. The van der Waals surface area contributed by atoms with Gasteiger partial charge in [-0.1, -0.05) is 30.3 Å². The number of ether oxygens (including phenoxy) is 1. The molecule has 1 heterocycles. The molecule has 7 nitrogen and oxygen atoms in total. The number of rotatable bonds is 5. The molecule has 0 atom stereocenters. The van der Waals surface area contributed by atoms with Crippen molar-refractivity contribution in [1.29, 1.82) is 0 Å². The van der Waals surface area contributed by atoms with Crippen LogP contribution < -0.4 is 0 Å². The fourth-order valence-corrected chi connectivity index (χ4v) is 1.50. The van der Waals surface area contributed by atoms with Gasteiger partial charge < -0.3 is 15.1 Å². The summed E-state index contributed by atoms with van der Waals surface area (Å²) >= 11 is 0. The highest BCUT2D eigenvalue weighted by Gasteiger charge is 2.36. The zero-order valence-electron chi connectivity index (χ0n) is 10.7. The van der Waals surface area contributed by atoms with E-state index in [-0.39, 0.29) is 6.61 Å². The topological polar surface area (TPSA) is 92.2 Å².